The molecule has 2 heterocycles. The number of aromatic nitrogens is 2. The highest BCUT2D eigenvalue weighted by atomic mass is 32.2. The summed E-state index contributed by atoms with van der Waals surface area (Å²) in [6, 6.07) is 11.0. The maximum absolute atomic E-state index is 13.7. The van der Waals surface area contributed by atoms with Crippen molar-refractivity contribution in [3.05, 3.63) is 83.2 Å². The van der Waals surface area contributed by atoms with Gasteiger partial charge in [0.25, 0.3) is 0 Å². The van der Waals surface area contributed by atoms with Gasteiger partial charge in [-0.15, -0.1) is 0 Å². The van der Waals surface area contributed by atoms with Crippen LogP contribution in [0.25, 0.3) is 0 Å². The van der Waals surface area contributed by atoms with E-state index in [0.717, 1.165) is 35.3 Å². The molecular weight excluding hydrogens is 496 g/mol. The Morgan fingerprint density at radius 2 is 1.83 bits per heavy atom. The molecule has 5 rings (SSSR count). The van der Waals surface area contributed by atoms with Crippen LogP contribution in [0.15, 0.2) is 55.0 Å². The zero-order valence-electron chi connectivity index (χ0n) is 19.4. The third kappa shape index (κ3) is 4.99. The molecule has 0 radical (unpaired) electrons. The molecule has 6 nitrogen and oxygen atoms in total. The molecule has 1 saturated carbocycles. The third-order valence-electron chi connectivity index (χ3n) is 6.91. The van der Waals surface area contributed by atoms with E-state index in [2.05, 4.69) is 9.97 Å². The highest BCUT2D eigenvalue weighted by molar-refractivity contribution is 7.89. The van der Waals surface area contributed by atoms with Crippen molar-refractivity contribution in [2.24, 2.45) is 0 Å². The lowest BCUT2D eigenvalue weighted by Crippen LogP contribution is -2.47. The van der Waals surface area contributed by atoms with E-state index in [1.807, 2.05) is 23.1 Å². The molecule has 1 atom stereocenters. The lowest BCUT2D eigenvalue weighted by Gasteiger charge is -2.34. The van der Waals surface area contributed by atoms with Gasteiger partial charge >= 0.3 is 15.5 Å². The van der Waals surface area contributed by atoms with Gasteiger partial charge in [-0.1, -0.05) is 24.3 Å². The molecule has 0 amide bonds. The largest absolute Gasteiger partial charge is 0.511 e. The first-order valence-electron chi connectivity index (χ1n) is 11.8. The third-order valence-corrected chi connectivity index (χ3v) is 8.45. The molecule has 2 aromatic carbocycles. The Hall–Kier alpha value is -2.92. The minimum Gasteiger partial charge on any atom is -0.361 e. The second kappa shape index (κ2) is 9.51. The number of benzene rings is 2. The average Bonchev–Trinajstić information content (AvgIpc) is 3.58. The van der Waals surface area contributed by atoms with Crippen molar-refractivity contribution in [1.82, 2.24) is 14.3 Å². The van der Waals surface area contributed by atoms with Crippen LogP contribution < -0.4 is 4.90 Å². The Balaban J connectivity index is 1.58. The van der Waals surface area contributed by atoms with Gasteiger partial charge in [0.15, 0.2) is 0 Å². The van der Waals surface area contributed by atoms with Crippen LogP contribution in [0.3, 0.4) is 0 Å². The van der Waals surface area contributed by atoms with Crippen LogP contribution in [0.4, 0.5) is 23.2 Å². The predicted molar refractivity (Wildman–Crippen MR) is 127 cm³/mol. The lowest BCUT2D eigenvalue weighted by molar-refractivity contribution is -0.0492. The first-order chi connectivity index (χ1) is 17.1. The number of nitrogens with one attached hydrogen (secondary N) is 1. The lowest BCUT2D eigenvalue weighted by atomic mass is 9.99. The van der Waals surface area contributed by atoms with Gasteiger partial charge in [0.05, 0.1) is 18.6 Å². The molecule has 36 heavy (non-hydrogen) atoms. The standard InChI is InChI=1S/C25H26F4N4O2S/c26-19-9-4-17(5-10-19)6-11-21-14-32(36(34,35)25(27,28)29)15-23-22(18-7-8-18)2-1-3-24(23)33(21)13-20-12-30-16-31-20/h1-5,9-10,12,16,18,21H,6-8,11,13-15H2,(H,30,31)/t21-/m1/s1. The number of nitrogens with zero attached hydrogens (tertiary/aromatic N) is 3. The van der Waals surface area contributed by atoms with Crippen LogP contribution in [-0.4, -0.2) is 40.8 Å². The van der Waals surface area contributed by atoms with Crippen molar-refractivity contribution in [1.29, 1.82) is 0 Å². The molecule has 0 spiro atoms. The second-order valence-electron chi connectivity index (χ2n) is 9.39. The van der Waals surface area contributed by atoms with Crippen molar-refractivity contribution < 1.29 is 26.0 Å². The Kier molecular flexibility index (Phi) is 6.54. The number of alkyl halides is 3. The summed E-state index contributed by atoms with van der Waals surface area (Å²) in [7, 11) is -5.56. The minimum absolute atomic E-state index is 0.222. The first kappa shape index (κ1) is 24.8. The molecule has 0 bridgehead atoms. The molecule has 192 valence electrons. The van der Waals surface area contributed by atoms with E-state index in [1.165, 1.54) is 18.5 Å². The molecule has 0 unspecified atom stereocenters. The van der Waals surface area contributed by atoms with Crippen molar-refractivity contribution in [3.63, 3.8) is 0 Å². The summed E-state index contributed by atoms with van der Waals surface area (Å²) in [5.41, 5.74) is -1.56. The fourth-order valence-corrected chi connectivity index (χ4v) is 5.87. The molecular formula is C25H26F4N4O2S. The SMILES string of the molecule is O=S(=O)(N1Cc2c(C3CC3)cccc2N(Cc2cnc[nH]2)[C@H](CCc2ccc(F)cc2)C1)C(F)(F)F. The molecule has 2 aliphatic rings. The molecule has 1 N–H and O–H groups in total. The molecule has 3 aromatic rings. The van der Waals surface area contributed by atoms with E-state index in [-0.39, 0.29) is 24.8 Å². The summed E-state index contributed by atoms with van der Waals surface area (Å²) in [6.45, 7) is -0.332. The fourth-order valence-electron chi connectivity index (χ4n) is 4.91. The van der Waals surface area contributed by atoms with Crippen LogP contribution >= 0.6 is 0 Å². The Bertz CT molecular complexity index is 1310. The number of hydrogen-bond donors (Lipinski definition) is 1. The summed E-state index contributed by atoms with van der Waals surface area (Å²) >= 11 is 0. The normalized spacial score (nSPS) is 19.2. The highest BCUT2D eigenvalue weighted by Gasteiger charge is 2.51. The Labute approximate surface area is 207 Å². The smallest absolute Gasteiger partial charge is 0.361 e. The fraction of sp³-hybridized carbons (Fsp3) is 0.400. The van der Waals surface area contributed by atoms with Crippen molar-refractivity contribution >= 4 is 15.7 Å². The monoisotopic (exact) mass is 522 g/mol. The van der Waals surface area contributed by atoms with Crippen LogP contribution in [0, 0.1) is 5.82 Å². The number of halogens is 4. The van der Waals surface area contributed by atoms with E-state index < -0.39 is 21.6 Å². The van der Waals surface area contributed by atoms with Gasteiger partial charge in [0.1, 0.15) is 5.82 Å². The summed E-state index contributed by atoms with van der Waals surface area (Å²) in [5, 5.41) is 0. The Morgan fingerprint density at radius 3 is 2.47 bits per heavy atom. The van der Waals surface area contributed by atoms with Crippen molar-refractivity contribution in [2.75, 3.05) is 11.4 Å². The summed E-state index contributed by atoms with van der Waals surface area (Å²) in [6.07, 6.45) is 5.85. The van der Waals surface area contributed by atoms with Gasteiger partial charge in [-0.3, -0.25) is 0 Å². The molecule has 0 saturated heterocycles. The van der Waals surface area contributed by atoms with Crippen LogP contribution in [0.1, 0.15) is 47.6 Å². The zero-order chi connectivity index (χ0) is 25.5. The predicted octanol–water partition coefficient (Wildman–Crippen LogP) is 5.10. The first-order valence-corrected chi connectivity index (χ1v) is 13.2. The topological polar surface area (TPSA) is 69.3 Å². The number of imidazole rings is 1. The number of sulfonamides is 1. The van der Waals surface area contributed by atoms with Gasteiger partial charge < -0.3 is 9.88 Å². The molecule has 11 heteroatoms. The summed E-state index contributed by atoms with van der Waals surface area (Å²) in [4.78, 5) is 9.10. The summed E-state index contributed by atoms with van der Waals surface area (Å²) < 4.78 is 80.5. The van der Waals surface area contributed by atoms with Gasteiger partial charge in [-0.05, 0) is 66.5 Å². The summed E-state index contributed by atoms with van der Waals surface area (Å²) in [5.74, 6) is -0.154. The quantitative estimate of drug-likeness (QED) is 0.439. The highest BCUT2D eigenvalue weighted by Crippen LogP contribution is 2.46. The van der Waals surface area contributed by atoms with Crippen molar-refractivity contribution in [3.8, 4) is 0 Å². The minimum atomic E-state index is -5.56. The maximum Gasteiger partial charge on any atom is 0.511 e. The number of rotatable bonds is 7. The van der Waals surface area contributed by atoms with E-state index in [4.69, 9.17) is 0 Å². The number of anilines is 1. The van der Waals surface area contributed by atoms with Gasteiger partial charge in [0, 0.05) is 31.0 Å². The molecule has 1 aliphatic carbocycles. The number of aromatic amines is 1. The van der Waals surface area contributed by atoms with Gasteiger partial charge in [-0.25, -0.2) is 17.8 Å². The molecule has 1 aliphatic heterocycles. The Morgan fingerprint density at radius 1 is 1.08 bits per heavy atom. The van der Waals surface area contributed by atoms with E-state index >= 15 is 0 Å². The van der Waals surface area contributed by atoms with E-state index in [1.54, 1.807) is 18.3 Å². The number of H-pyrrole nitrogens is 1. The van der Waals surface area contributed by atoms with E-state index in [9.17, 15) is 26.0 Å². The molecule has 1 fully saturated rings. The van der Waals surface area contributed by atoms with Crippen LogP contribution in [0.5, 0.6) is 0 Å². The maximum atomic E-state index is 13.7. The van der Waals surface area contributed by atoms with Gasteiger partial charge in [0.2, 0.25) is 0 Å². The number of hydrogen-bond acceptors (Lipinski definition) is 4. The van der Waals surface area contributed by atoms with Crippen LogP contribution in [-0.2, 0) is 29.5 Å². The van der Waals surface area contributed by atoms with Crippen LogP contribution in [0.2, 0.25) is 0 Å². The second-order valence-corrected chi connectivity index (χ2v) is 11.3. The van der Waals surface area contributed by atoms with Gasteiger partial charge in [-0.2, -0.15) is 17.5 Å². The molecule has 1 aromatic heterocycles. The number of fused-ring (bicyclic) bond motifs is 1. The number of aryl methyl sites for hydroxylation is 1. The average molecular weight is 523 g/mol. The zero-order valence-corrected chi connectivity index (χ0v) is 20.2. The van der Waals surface area contributed by atoms with E-state index in [0.29, 0.717) is 29.3 Å². The van der Waals surface area contributed by atoms with Crippen molar-refractivity contribution in [2.45, 2.75) is 56.2 Å².